The molecular formula is C23H22FN7O2. The van der Waals surface area contributed by atoms with E-state index >= 15 is 0 Å². The largest absolute Gasteiger partial charge is 0.377 e. The van der Waals surface area contributed by atoms with Gasteiger partial charge in [-0.25, -0.2) is 4.39 Å². The molecule has 1 amide bonds. The number of carbonyl (C=O) groups is 1. The van der Waals surface area contributed by atoms with E-state index in [0.717, 1.165) is 11.8 Å². The Balaban J connectivity index is 1.39. The first-order valence-electron chi connectivity index (χ1n) is 10.6. The molecule has 0 unspecified atom stereocenters. The van der Waals surface area contributed by atoms with Crippen molar-refractivity contribution >= 4 is 5.91 Å². The van der Waals surface area contributed by atoms with Gasteiger partial charge < -0.3 is 9.64 Å². The van der Waals surface area contributed by atoms with Crippen molar-refractivity contribution in [2.24, 2.45) is 0 Å². The number of benzene rings is 1. The topological polar surface area (TPSA) is 91.0 Å². The molecule has 33 heavy (non-hydrogen) atoms. The van der Waals surface area contributed by atoms with E-state index in [1.54, 1.807) is 23.1 Å². The van der Waals surface area contributed by atoms with E-state index in [1.807, 2.05) is 42.3 Å². The molecule has 168 valence electrons. The van der Waals surface area contributed by atoms with Gasteiger partial charge in [-0.1, -0.05) is 11.6 Å². The minimum atomic E-state index is -0.396. The Morgan fingerprint density at radius 2 is 2.00 bits per heavy atom. The zero-order valence-electron chi connectivity index (χ0n) is 18.0. The van der Waals surface area contributed by atoms with Crippen molar-refractivity contribution in [1.29, 1.82) is 0 Å². The lowest BCUT2D eigenvalue weighted by Gasteiger charge is -2.36. The van der Waals surface area contributed by atoms with E-state index in [-0.39, 0.29) is 11.9 Å². The number of amides is 1. The highest BCUT2D eigenvalue weighted by Crippen LogP contribution is 2.21. The van der Waals surface area contributed by atoms with Crippen molar-refractivity contribution in [3.8, 4) is 17.1 Å². The Hall–Kier alpha value is -3.92. The van der Waals surface area contributed by atoms with Gasteiger partial charge in [0.15, 0.2) is 0 Å². The summed E-state index contributed by atoms with van der Waals surface area (Å²) in [5.41, 5.74) is 3.36. The third kappa shape index (κ3) is 4.37. The molecule has 1 saturated heterocycles. The van der Waals surface area contributed by atoms with Crippen LogP contribution < -0.4 is 0 Å². The van der Waals surface area contributed by atoms with E-state index in [9.17, 15) is 9.18 Å². The summed E-state index contributed by atoms with van der Waals surface area (Å²) in [6.45, 7) is 3.73. The van der Waals surface area contributed by atoms with Crippen LogP contribution in [0, 0.1) is 12.7 Å². The highest BCUT2D eigenvalue weighted by atomic mass is 19.1. The third-order valence-electron chi connectivity index (χ3n) is 5.53. The Kier molecular flexibility index (Phi) is 5.66. The van der Waals surface area contributed by atoms with Gasteiger partial charge in [-0.05, 0) is 37.3 Å². The summed E-state index contributed by atoms with van der Waals surface area (Å²) >= 11 is 0. The van der Waals surface area contributed by atoms with Crippen LogP contribution in [0.4, 0.5) is 4.39 Å². The van der Waals surface area contributed by atoms with Crippen molar-refractivity contribution in [2.45, 2.75) is 19.5 Å². The van der Waals surface area contributed by atoms with Crippen LogP contribution in [0.3, 0.4) is 0 Å². The molecular weight excluding hydrogens is 425 g/mol. The van der Waals surface area contributed by atoms with Gasteiger partial charge in [0.1, 0.15) is 11.5 Å². The maximum Gasteiger partial charge on any atom is 0.256 e. The van der Waals surface area contributed by atoms with Crippen LogP contribution in [0.25, 0.3) is 17.1 Å². The number of carbonyl (C=O) groups excluding carboxylic acids is 1. The minimum Gasteiger partial charge on any atom is -0.377 e. The SMILES string of the molecule is Cc1ccc(-n2nccn2)c(C(=O)N2CCOC[C@H]2Cn2ccc(-c3ccc(F)cn3)n2)c1. The van der Waals surface area contributed by atoms with Gasteiger partial charge in [0, 0.05) is 12.7 Å². The number of halogens is 1. The summed E-state index contributed by atoms with van der Waals surface area (Å²) in [6.07, 6.45) is 6.15. The van der Waals surface area contributed by atoms with E-state index in [1.165, 1.54) is 10.9 Å². The molecule has 0 aliphatic carbocycles. The molecule has 10 heteroatoms. The van der Waals surface area contributed by atoms with Gasteiger partial charge in [-0.2, -0.15) is 20.1 Å². The summed E-state index contributed by atoms with van der Waals surface area (Å²) in [7, 11) is 0. The maximum absolute atomic E-state index is 13.7. The summed E-state index contributed by atoms with van der Waals surface area (Å²) in [5.74, 6) is -0.501. The molecule has 0 N–H and O–H groups in total. The molecule has 9 nitrogen and oxygen atoms in total. The smallest absolute Gasteiger partial charge is 0.256 e. The number of hydrogen-bond acceptors (Lipinski definition) is 6. The Morgan fingerprint density at radius 3 is 2.79 bits per heavy atom. The Labute approximate surface area is 189 Å². The van der Waals surface area contributed by atoms with E-state index in [0.29, 0.717) is 48.9 Å². The van der Waals surface area contributed by atoms with Gasteiger partial charge >= 0.3 is 0 Å². The second-order valence-corrected chi connectivity index (χ2v) is 7.85. The zero-order chi connectivity index (χ0) is 22.8. The zero-order valence-corrected chi connectivity index (χ0v) is 18.0. The van der Waals surface area contributed by atoms with Crippen LogP contribution in [-0.2, 0) is 11.3 Å². The standard InChI is InChI=1S/C23H22FN7O2/c1-16-2-5-22(31-26-7-8-27-31)19(12-16)23(32)30-10-11-33-15-18(30)14-29-9-6-21(28-29)20-4-3-17(24)13-25-20/h2-9,12-13,18H,10-11,14-15H2,1H3/t18-/m1/s1. The number of rotatable bonds is 5. The summed E-state index contributed by atoms with van der Waals surface area (Å²) in [6, 6.07) is 10.2. The van der Waals surface area contributed by atoms with E-state index in [4.69, 9.17) is 4.74 Å². The molecule has 0 radical (unpaired) electrons. The van der Waals surface area contributed by atoms with Gasteiger partial charge in [-0.3, -0.25) is 14.5 Å². The monoisotopic (exact) mass is 447 g/mol. The fraction of sp³-hybridized carbons (Fsp3) is 0.261. The van der Waals surface area contributed by atoms with Crippen molar-refractivity contribution in [1.82, 2.24) is 34.7 Å². The van der Waals surface area contributed by atoms with Crippen LogP contribution >= 0.6 is 0 Å². The molecule has 3 aromatic heterocycles. The molecule has 1 fully saturated rings. The normalized spacial score (nSPS) is 16.2. The first kappa shape index (κ1) is 21.0. The molecule has 1 aromatic carbocycles. The summed E-state index contributed by atoms with van der Waals surface area (Å²) in [5, 5.41) is 12.9. The van der Waals surface area contributed by atoms with Crippen LogP contribution in [0.15, 0.2) is 61.2 Å². The molecule has 0 saturated carbocycles. The lowest BCUT2D eigenvalue weighted by Crippen LogP contribution is -2.50. The molecule has 1 aliphatic heterocycles. The Morgan fingerprint density at radius 1 is 1.15 bits per heavy atom. The van der Waals surface area contributed by atoms with Crippen LogP contribution in [0.1, 0.15) is 15.9 Å². The highest BCUT2D eigenvalue weighted by Gasteiger charge is 2.30. The molecule has 1 atom stereocenters. The average molecular weight is 447 g/mol. The molecule has 1 aliphatic rings. The van der Waals surface area contributed by atoms with Crippen LogP contribution in [0.5, 0.6) is 0 Å². The van der Waals surface area contributed by atoms with E-state index < -0.39 is 5.82 Å². The van der Waals surface area contributed by atoms with Gasteiger partial charge in [-0.15, -0.1) is 0 Å². The predicted molar refractivity (Wildman–Crippen MR) is 117 cm³/mol. The summed E-state index contributed by atoms with van der Waals surface area (Å²) in [4.78, 5) is 21.0. The van der Waals surface area contributed by atoms with Crippen molar-refractivity contribution in [2.75, 3.05) is 19.8 Å². The molecule has 0 spiro atoms. The number of pyridine rings is 1. The second-order valence-electron chi connectivity index (χ2n) is 7.85. The molecule has 4 aromatic rings. The minimum absolute atomic E-state index is 0.105. The van der Waals surface area contributed by atoms with E-state index in [2.05, 4.69) is 20.3 Å². The summed E-state index contributed by atoms with van der Waals surface area (Å²) < 4.78 is 20.6. The van der Waals surface area contributed by atoms with Crippen LogP contribution in [0.2, 0.25) is 0 Å². The number of aromatic nitrogens is 6. The Bertz CT molecular complexity index is 1250. The third-order valence-corrected chi connectivity index (χ3v) is 5.53. The van der Waals surface area contributed by atoms with Crippen molar-refractivity contribution < 1.29 is 13.9 Å². The first-order chi connectivity index (χ1) is 16.1. The van der Waals surface area contributed by atoms with Crippen LogP contribution in [-0.4, -0.2) is 66.4 Å². The fourth-order valence-electron chi connectivity index (χ4n) is 3.91. The molecule has 5 rings (SSSR count). The van der Waals surface area contributed by atoms with Crippen molar-refractivity contribution in [3.63, 3.8) is 0 Å². The lowest BCUT2D eigenvalue weighted by atomic mass is 10.1. The number of aryl methyl sites for hydroxylation is 1. The van der Waals surface area contributed by atoms with Gasteiger partial charge in [0.25, 0.3) is 5.91 Å². The average Bonchev–Trinajstić information content (AvgIpc) is 3.52. The molecule has 0 bridgehead atoms. The fourth-order valence-corrected chi connectivity index (χ4v) is 3.91. The second kappa shape index (κ2) is 8.91. The maximum atomic E-state index is 13.7. The highest BCUT2D eigenvalue weighted by molar-refractivity contribution is 5.98. The number of ether oxygens (including phenoxy) is 1. The lowest BCUT2D eigenvalue weighted by molar-refractivity contribution is -0.00757. The number of nitrogens with zero attached hydrogens (tertiary/aromatic N) is 7. The number of hydrogen-bond donors (Lipinski definition) is 0. The number of morpholine rings is 1. The predicted octanol–water partition coefficient (Wildman–Crippen LogP) is 2.51. The van der Waals surface area contributed by atoms with Crippen molar-refractivity contribution in [3.05, 3.63) is 78.1 Å². The molecule has 4 heterocycles. The van der Waals surface area contributed by atoms with Gasteiger partial charge in [0.2, 0.25) is 0 Å². The quantitative estimate of drug-likeness (QED) is 0.467. The first-order valence-corrected chi connectivity index (χ1v) is 10.6. The van der Waals surface area contributed by atoms with Gasteiger partial charge in [0.05, 0.1) is 61.3 Å².